The third kappa shape index (κ3) is 3.53. The second-order valence-corrected chi connectivity index (χ2v) is 7.80. The summed E-state index contributed by atoms with van der Waals surface area (Å²) in [7, 11) is 0. The van der Waals surface area contributed by atoms with E-state index in [0.29, 0.717) is 36.4 Å². The Morgan fingerprint density at radius 3 is 2.54 bits per heavy atom. The molecule has 148 valence electrons. The minimum Gasteiger partial charge on any atom is -0.349 e. The number of fused-ring (bicyclic) bond motifs is 1. The molecule has 1 N–H and O–H groups in total. The molecule has 0 spiro atoms. The van der Waals surface area contributed by atoms with Crippen LogP contribution in [0.25, 0.3) is 11.0 Å². The molecule has 0 atom stereocenters. The summed E-state index contributed by atoms with van der Waals surface area (Å²) < 4.78 is 1.67. The van der Waals surface area contributed by atoms with Gasteiger partial charge in [-0.15, -0.1) is 0 Å². The van der Waals surface area contributed by atoms with Crippen LogP contribution >= 0.6 is 0 Å². The quantitative estimate of drug-likeness (QED) is 0.875. The molecule has 2 heterocycles. The molecular formula is C21H26N4O3. The Bertz CT molecular complexity index is 985. The standard InChI is InChI=1S/C21H26N4O3/c1-3-25-18-7-6-15(12-17(18)22-13(2)20(25)27)19(26)23-16-8-10-24(11-9-16)21(28)14-4-5-14/h6-7,12,14,16H,3-5,8-11H2,1-2H3,(H,23,26). The fourth-order valence-electron chi connectivity index (χ4n) is 3.93. The topological polar surface area (TPSA) is 84.3 Å². The summed E-state index contributed by atoms with van der Waals surface area (Å²) in [6, 6.07) is 5.35. The van der Waals surface area contributed by atoms with Gasteiger partial charge in [0.1, 0.15) is 5.69 Å². The van der Waals surface area contributed by atoms with Crippen LogP contribution in [-0.2, 0) is 11.3 Å². The van der Waals surface area contributed by atoms with Crippen molar-refractivity contribution in [2.24, 2.45) is 5.92 Å². The van der Waals surface area contributed by atoms with Gasteiger partial charge in [0, 0.05) is 37.2 Å². The third-order valence-corrected chi connectivity index (χ3v) is 5.76. The summed E-state index contributed by atoms with van der Waals surface area (Å²) in [4.78, 5) is 43.4. The van der Waals surface area contributed by atoms with Crippen LogP contribution in [0, 0.1) is 12.8 Å². The lowest BCUT2D eigenvalue weighted by Crippen LogP contribution is -2.47. The number of likely N-dealkylation sites (tertiary alicyclic amines) is 1. The number of hydrogen-bond donors (Lipinski definition) is 1. The second-order valence-electron chi connectivity index (χ2n) is 7.80. The summed E-state index contributed by atoms with van der Waals surface area (Å²) in [5.41, 5.74) is 2.26. The van der Waals surface area contributed by atoms with Crippen LogP contribution in [0.4, 0.5) is 0 Å². The number of hydrogen-bond acceptors (Lipinski definition) is 4. The minimum atomic E-state index is -0.137. The highest BCUT2D eigenvalue weighted by Gasteiger charge is 2.35. The Labute approximate surface area is 163 Å². The van der Waals surface area contributed by atoms with Crippen molar-refractivity contribution in [1.82, 2.24) is 19.8 Å². The molecule has 1 saturated heterocycles. The van der Waals surface area contributed by atoms with Gasteiger partial charge < -0.3 is 14.8 Å². The van der Waals surface area contributed by atoms with Crippen LogP contribution in [0.3, 0.4) is 0 Å². The zero-order chi connectivity index (χ0) is 19.8. The molecule has 2 amide bonds. The van der Waals surface area contributed by atoms with Gasteiger partial charge in [0.25, 0.3) is 11.5 Å². The highest BCUT2D eigenvalue weighted by Crippen LogP contribution is 2.31. The molecule has 1 saturated carbocycles. The number of aromatic nitrogens is 2. The maximum atomic E-state index is 12.7. The molecule has 2 aliphatic rings. The van der Waals surface area contributed by atoms with Gasteiger partial charge >= 0.3 is 0 Å². The van der Waals surface area contributed by atoms with E-state index >= 15 is 0 Å². The highest BCUT2D eigenvalue weighted by molar-refractivity contribution is 5.97. The van der Waals surface area contributed by atoms with E-state index in [1.807, 2.05) is 11.8 Å². The van der Waals surface area contributed by atoms with E-state index in [1.165, 1.54) is 0 Å². The fourth-order valence-corrected chi connectivity index (χ4v) is 3.93. The number of nitrogens with one attached hydrogen (secondary N) is 1. The van der Waals surface area contributed by atoms with Crippen LogP contribution in [0.5, 0.6) is 0 Å². The van der Waals surface area contributed by atoms with Crippen molar-refractivity contribution in [1.29, 1.82) is 0 Å². The average Bonchev–Trinajstić information content (AvgIpc) is 3.54. The Morgan fingerprint density at radius 1 is 1.18 bits per heavy atom. The van der Waals surface area contributed by atoms with Crippen LogP contribution < -0.4 is 10.9 Å². The summed E-state index contributed by atoms with van der Waals surface area (Å²) in [5.74, 6) is 0.394. The number of rotatable bonds is 4. The van der Waals surface area contributed by atoms with Gasteiger partial charge in [-0.05, 0) is 57.7 Å². The number of amides is 2. The van der Waals surface area contributed by atoms with E-state index in [4.69, 9.17) is 0 Å². The van der Waals surface area contributed by atoms with Gasteiger partial charge in [-0.3, -0.25) is 14.4 Å². The smallest absolute Gasteiger partial charge is 0.272 e. The molecule has 0 radical (unpaired) electrons. The van der Waals surface area contributed by atoms with Gasteiger partial charge in [-0.1, -0.05) is 0 Å². The van der Waals surface area contributed by atoms with Crippen molar-refractivity contribution < 1.29 is 9.59 Å². The number of carbonyl (C=O) groups is 2. The van der Waals surface area contributed by atoms with Crippen LogP contribution in [0.2, 0.25) is 0 Å². The van der Waals surface area contributed by atoms with Crippen molar-refractivity contribution in [3.05, 3.63) is 39.8 Å². The van der Waals surface area contributed by atoms with E-state index in [1.54, 1.807) is 29.7 Å². The Hall–Kier alpha value is -2.70. The summed E-state index contributed by atoms with van der Waals surface area (Å²) in [5, 5.41) is 3.09. The lowest BCUT2D eigenvalue weighted by atomic mass is 10.0. The maximum absolute atomic E-state index is 12.7. The van der Waals surface area contributed by atoms with Gasteiger partial charge in [-0.25, -0.2) is 4.98 Å². The molecule has 2 fully saturated rings. The predicted molar refractivity (Wildman–Crippen MR) is 106 cm³/mol. The number of nitrogens with zero attached hydrogens (tertiary/aromatic N) is 3. The van der Waals surface area contributed by atoms with Gasteiger partial charge in [0.05, 0.1) is 11.0 Å². The zero-order valence-corrected chi connectivity index (χ0v) is 16.4. The molecule has 2 aromatic rings. The third-order valence-electron chi connectivity index (χ3n) is 5.76. The molecular weight excluding hydrogens is 356 g/mol. The van der Waals surface area contributed by atoms with E-state index in [2.05, 4.69) is 10.3 Å². The number of benzene rings is 1. The first-order valence-corrected chi connectivity index (χ1v) is 10.1. The number of aryl methyl sites for hydroxylation is 2. The normalized spacial score (nSPS) is 17.7. The van der Waals surface area contributed by atoms with Crippen LogP contribution in [0.15, 0.2) is 23.0 Å². The SMILES string of the molecule is CCn1c(=O)c(C)nc2cc(C(=O)NC3CCN(C(=O)C4CC4)CC3)ccc21. The van der Waals surface area contributed by atoms with Crippen molar-refractivity contribution in [2.75, 3.05) is 13.1 Å². The van der Waals surface area contributed by atoms with Gasteiger partial charge in [-0.2, -0.15) is 0 Å². The summed E-state index contributed by atoms with van der Waals surface area (Å²) >= 11 is 0. The molecule has 1 aliphatic heterocycles. The number of carbonyl (C=O) groups excluding carboxylic acids is 2. The molecule has 0 unspecified atom stereocenters. The van der Waals surface area contributed by atoms with Crippen molar-refractivity contribution in [2.45, 2.75) is 52.1 Å². The lowest BCUT2D eigenvalue weighted by Gasteiger charge is -2.32. The monoisotopic (exact) mass is 382 g/mol. The molecule has 7 nitrogen and oxygen atoms in total. The van der Waals surface area contributed by atoms with Gasteiger partial charge in [0.15, 0.2) is 0 Å². The number of piperidine rings is 1. The van der Waals surface area contributed by atoms with Gasteiger partial charge in [0.2, 0.25) is 5.91 Å². The molecule has 1 aliphatic carbocycles. The Balaban J connectivity index is 1.45. The van der Waals surface area contributed by atoms with Crippen LogP contribution in [0.1, 0.15) is 48.7 Å². The molecule has 1 aromatic carbocycles. The van der Waals surface area contributed by atoms with E-state index in [0.717, 1.165) is 31.2 Å². The summed E-state index contributed by atoms with van der Waals surface area (Å²) in [6.45, 7) is 5.59. The highest BCUT2D eigenvalue weighted by atomic mass is 16.2. The van der Waals surface area contributed by atoms with Crippen molar-refractivity contribution >= 4 is 22.8 Å². The Morgan fingerprint density at radius 2 is 1.89 bits per heavy atom. The first-order valence-electron chi connectivity index (χ1n) is 10.1. The van der Waals surface area contributed by atoms with Crippen LogP contribution in [-0.4, -0.2) is 45.4 Å². The van der Waals surface area contributed by atoms with Crippen molar-refractivity contribution in [3.63, 3.8) is 0 Å². The maximum Gasteiger partial charge on any atom is 0.272 e. The molecule has 28 heavy (non-hydrogen) atoms. The molecule has 1 aromatic heterocycles. The van der Waals surface area contributed by atoms with E-state index < -0.39 is 0 Å². The van der Waals surface area contributed by atoms with Crippen molar-refractivity contribution in [3.8, 4) is 0 Å². The average molecular weight is 382 g/mol. The zero-order valence-electron chi connectivity index (χ0n) is 16.4. The Kier molecular flexibility index (Phi) is 4.91. The first-order chi connectivity index (χ1) is 13.5. The predicted octanol–water partition coefficient (Wildman–Crippen LogP) is 1.86. The second kappa shape index (κ2) is 7.37. The molecule has 0 bridgehead atoms. The molecule has 7 heteroatoms. The first kappa shape index (κ1) is 18.7. The lowest BCUT2D eigenvalue weighted by molar-refractivity contribution is -0.133. The summed E-state index contributed by atoms with van der Waals surface area (Å²) in [6.07, 6.45) is 3.61. The minimum absolute atomic E-state index is 0.0748. The molecule has 4 rings (SSSR count). The van der Waals surface area contributed by atoms with E-state index in [9.17, 15) is 14.4 Å². The fraction of sp³-hybridized carbons (Fsp3) is 0.524. The van der Waals surface area contributed by atoms with E-state index in [-0.39, 0.29) is 29.3 Å². The largest absolute Gasteiger partial charge is 0.349 e.